The van der Waals surface area contributed by atoms with Gasteiger partial charge in [0, 0.05) is 5.02 Å². The van der Waals surface area contributed by atoms with Crippen LogP contribution in [-0.2, 0) is 0 Å². The first-order valence-corrected chi connectivity index (χ1v) is 7.35. The maximum absolute atomic E-state index is 13.5. The first-order chi connectivity index (χ1) is 10.0. The fraction of sp³-hybridized carbons (Fsp3) is 0.294. The summed E-state index contributed by atoms with van der Waals surface area (Å²) in [5.74, 6) is -1.67. The lowest BCUT2D eigenvalue weighted by molar-refractivity contribution is 0.503. The van der Waals surface area contributed by atoms with Crippen LogP contribution >= 0.6 is 11.6 Å². The van der Waals surface area contributed by atoms with Gasteiger partial charge in [-0.05, 0) is 60.8 Å². The summed E-state index contributed by atoms with van der Waals surface area (Å²) in [6, 6.07) is 9.41. The summed E-state index contributed by atoms with van der Waals surface area (Å²) in [5, 5.41) is 4.00. The number of hydrogen-bond acceptors (Lipinski definition) is 1. The van der Waals surface area contributed by atoms with Crippen molar-refractivity contribution in [2.45, 2.75) is 26.3 Å². The summed E-state index contributed by atoms with van der Waals surface area (Å²) < 4.78 is 26.7. The highest BCUT2D eigenvalue weighted by Gasteiger charge is 2.17. The molecule has 0 heterocycles. The van der Waals surface area contributed by atoms with Crippen molar-refractivity contribution in [3.05, 3.63) is 69.7 Å². The summed E-state index contributed by atoms with van der Waals surface area (Å²) in [4.78, 5) is 0. The van der Waals surface area contributed by atoms with E-state index < -0.39 is 11.6 Å². The largest absolute Gasteiger partial charge is 0.306 e. The monoisotopic (exact) mass is 309 g/mol. The third kappa shape index (κ3) is 3.80. The van der Waals surface area contributed by atoms with Gasteiger partial charge in [0.1, 0.15) is 0 Å². The van der Waals surface area contributed by atoms with Crippen molar-refractivity contribution in [3.8, 4) is 0 Å². The minimum atomic E-state index is -0.838. The highest BCUT2D eigenvalue weighted by Crippen LogP contribution is 2.28. The van der Waals surface area contributed by atoms with Gasteiger partial charge in [-0.1, -0.05) is 30.7 Å². The molecule has 1 nitrogen and oxygen atoms in total. The van der Waals surface area contributed by atoms with E-state index in [4.69, 9.17) is 11.6 Å². The second kappa shape index (κ2) is 7.01. The van der Waals surface area contributed by atoms with Crippen molar-refractivity contribution in [1.29, 1.82) is 0 Å². The SMILES string of the molecule is CCCNC(c1ccc(F)c(F)c1)c1cc(Cl)ccc1C. The molecule has 0 aliphatic carbocycles. The van der Waals surface area contributed by atoms with Gasteiger partial charge < -0.3 is 5.32 Å². The zero-order valence-corrected chi connectivity index (χ0v) is 12.8. The Morgan fingerprint density at radius 2 is 1.86 bits per heavy atom. The van der Waals surface area contributed by atoms with E-state index in [1.165, 1.54) is 6.07 Å². The Bertz CT molecular complexity index is 628. The van der Waals surface area contributed by atoms with Crippen LogP contribution in [-0.4, -0.2) is 6.54 Å². The predicted molar refractivity (Wildman–Crippen MR) is 82.7 cm³/mol. The predicted octanol–water partition coefficient (Wildman–Crippen LogP) is 5.02. The molecule has 0 aliphatic rings. The molecule has 0 spiro atoms. The fourth-order valence-corrected chi connectivity index (χ4v) is 2.49. The maximum Gasteiger partial charge on any atom is 0.159 e. The lowest BCUT2D eigenvalue weighted by Gasteiger charge is -2.22. The molecule has 112 valence electrons. The Hall–Kier alpha value is -1.45. The smallest absolute Gasteiger partial charge is 0.159 e. The van der Waals surface area contributed by atoms with Crippen molar-refractivity contribution in [2.75, 3.05) is 6.54 Å². The minimum Gasteiger partial charge on any atom is -0.306 e. The van der Waals surface area contributed by atoms with E-state index in [1.54, 1.807) is 6.07 Å². The molecule has 0 radical (unpaired) electrons. The zero-order valence-electron chi connectivity index (χ0n) is 12.1. The molecule has 1 N–H and O–H groups in total. The molecule has 2 aromatic carbocycles. The summed E-state index contributed by atoms with van der Waals surface area (Å²) in [5.41, 5.74) is 2.72. The quantitative estimate of drug-likeness (QED) is 0.818. The van der Waals surface area contributed by atoms with Gasteiger partial charge in [-0.2, -0.15) is 0 Å². The van der Waals surface area contributed by atoms with Crippen LogP contribution in [0.2, 0.25) is 5.02 Å². The van der Waals surface area contributed by atoms with E-state index in [9.17, 15) is 8.78 Å². The van der Waals surface area contributed by atoms with Crippen LogP contribution in [0.25, 0.3) is 0 Å². The number of hydrogen-bond donors (Lipinski definition) is 1. The number of nitrogens with one attached hydrogen (secondary N) is 1. The molecule has 1 atom stereocenters. The van der Waals surface area contributed by atoms with Crippen LogP contribution in [0, 0.1) is 18.6 Å². The molecule has 1 unspecified atom stereocenters. The molecule has 2 rings (SSSR count). The first-order valence-electron chi connectivity index (χ1n) is 6.97. The molecule has 4 heteroatoms. The second-order valence-electron chi connectivity index (χ2n) is 5.06. The lowest BCUT2D eigenvalue weighted by Crippen LogP contribution is -2.24. The Balaban J connectivity index is 2.46. The Morgan fingerprint density at radius 1 is 1.10 bits per heavy atom. The van der Waals surface area contributed by atoms with E-state index in [1.807, 2.05) is 25.1 Å². The van der Waals surface area contributed by atoms with E-state index >= 15 is 0 Å². The van der Waals surface area contributed by atoms with E-state index in [0.717, 1.165) is 30.2 Å². The Kier molecular flexibility index (Phi) is 5.32. The van der Waals surface area contributed by atoms with Crippen LogP contribution in [0.4, 0.5) is 8.78 Å². The molecule has 0 fully saturated rings. The van der Waals surface area contributed by atoms with Gasteiger partial charge in [-0.3, -0.25) is 0 Å². The zero-order chi connectivity index (χ0) is 15.4. The van der Waals surface area contributed by atoms with Crippen LogP contribution < -0.4 is 5.32 Å². The molecule has 0 aliphatic heterocycles. The highest BCUT2D eigenvalue weighted by molar-refractivity contribution is 6.30. The highest BCUT2D eigenvalue weighted by atomic mass is 35.5. The standard InChI is InChI=1S/C17H18ClF2N/c1-3-8-21-17(12-5-7-15(19)16(20)9-12)14-10-13(18)6-4-11(14)2/h4-7,9-10,17,21H,3,8H2,1-2H3. The van der Waals surface area contributed by atoms with Gasteiger partial charge in [0.2, 0.25) is 0 Å². The Morgan fingerprint density at radius 3 is 2.52 bits per heavy atom. The van der Waals surface area contributed by atoms with E-state index in [-0.39, 0.29) is 6.04 Å². The van der Waals surface area contributed by atoms with Crippen molar-refractivity contribution >= 4 is 11.6 Å². The molecule has 0 saturated carbocycles. The molecule has 0 saturated heterocycles. The molecule has 0 bridgehead atoms. The topological polar surface area (TPSA) is 12.0 Å². The van der Waals surface area contributed by atoms with Crippen molar-refractivity contribution in [1.82, 2.24) is 5.32 Å². The number of benzene rings is 2. The molecule has 2 aromatic rings. The van der Waals surface area contributed by atoms with Crippen molar-refractivity contribution in [2.24, 2.45) is 0 Å². The number of halogens is 3. The lowest BCUT2D eigenvalue weighted by atomic mass is 9.94. The maximum atomic E-state index is 13.5. The third-order valence-corrected chi connectivity index (χ3v) is 3.66. The van der Waals surface area contributed by atoms with Gasteiger partial charge >= 0.3 is 0 Å². The Labute approximate surface area is 128 Å². The van der Waals surface area contributed by atoms with Crippen molar-refractivity contribution < 1.29 is 8.78 Å². The first kappa shape index (κ1) is 15.9. The average Bonchev–Trinajstić information content (AvgIpc) is 2.46. The molecule has 0 amide bonds. The molecular weight excluding hydrogens is 292 g/mol. The van der Waals surface area contributed by atoms with Gasteiger partial charge in [-0.15, -0.1) is 0 Å². The molecular formula is C17H18ClF2N. The normalized spacial score (nSPS) is 12.4. The van der Waals surface area contributed by atoms with Crippen LogP contribution in [0.15, 0.2) is 36.4 Å². The van der Waals surface area contributed by atoms with Crippen LogP contribution in [0.5, 0.6) is 0 Å². The number of rotatable bonds is 5. The molecule has 0 aromatic heterocycles. The summed E-state index contributed by atoms with van der Waals surface area (Å²) >= 11 is 6.08. The van der Waals surface area contributed by atoms with Crippen LogP contribution in [0.1, 0.15) is 36.1 Å². The van der Waals surface area contributed by atoms with Crippen LogP contribution in [0.3, 0.4) is 0 Å². The van der Waals surface area contributed by atoms with Gasteiger partial charge in [0.05, 0.1) is 6.04 Å². The summed E-state index contributed by atoms with van der Waals surface area (Å²) in [7, 11) is 0. The van der Waals surface area contributed by atoms with E-state index in [0.29, 0.717) is 10.6 Å². The average molecular weight is 310 g/mol. The minimum absolute atomic E-state index is 0.209. The molecule has 21 heavy (non-hydrogen) atoms. The summed E-state index contributed by atoms with van der Waals surface area (Å²) in [6.07, 6.45) is 0.944. The second-order valence-corrected chi connectivity index (χ2v) is 5.50. The van der Waals surface area contributed by atoms with E-state index in [2.05, 4.69) is 12.2 Å². The summed E-state index contributed by atoms with van der Waals surface area (Å²) in [6.45, 7) is 4.81. The van der Waals surface area contributed by atoms with Gasteiger partial charge in [0.25, 0.3) is 0 Å². The van der Waals surface area contributed by atoms with Gasteiger partial charge in [-0.25, -0.2) is 8.78 Å². The number of aryl methyl sites for hydroxylation is 1. The van der Waals surface area contributed by atoms with Gasteiger partial charge in [0.15, 0.2) is 11.6 Å². The third-order valence-electron chi connectivity index (χ3n) is 3.43. The van der Waals surface area contributed by atoms with Crippen molar-refractivity contribution in [3.63, 3.8) is 0 Å². The fourth-order valence-electron chi connectivity index (χ4n) is 2.31.